The maximum atomic E-state index is 3.97. The van der Waals surface area contributed by atoms with Crippen LogP contribution in [-0.4, -0.2) is 0 Å². The molecule has 0 heteroatoms. The molecule has 0 aliphatic rings. The van der Waals surface area contributed by atoms with Gasteiger partial charge in [-0.2, -0.15) is 0 Å². The molecule has 115 valence electrons. The minimum atomic E-state index is 0.837. The summed E-state index contributed by atoms with van der Waals surface area (Å²) >= 11 is 0. The Bertz CT molecular complexity index is 161. The second-order valence-electron chi connectivity index (χ2n) is 6.69. The van der Waals surface area contributed by atoms with Gasteiger partial charge in [0.25, 0.3) is 0 Å². The Morgan fingerprint density at radius 3 is 1.53 bits per heavy atom. The van der Waals surface area contributed by atoms with E-state index in [1.807, 2.05) is 0 Å². The molecule has 19 heavy (non-hydrogen) atoms. The average Bonchev–Trinajstić information content (AvgIpc) is 2.41. The Morgan fingerprint density at radius 2 is 1.05 bits per heavy atom. The summed E-state index contributed by atoms with van der Waals surface area (Å²) in [7, 11) is 0. The molecule has 0 aromatic heterocycles. The first-order valence-corrected chi connectivity index (χ1v) is 8.99. The molecule has 1 radical (unpaired) electrons. The second-order valence-corrected chi connectivity index (χ2v) is 6.69. The molecular weight excluding hydrogens is 228 g/mol. The lowest BCUT2D eigenvalue weighted by molar-refractivity contribution is 0.433. The summed E-state index contributed by atoms with van der Waals surface area (Å²) in [6.07, 6.45) is 18.3. The molecule has 0 nitrogen and oxygen atoms in total. The molecule has 0 saturated heterocycles. The van der Waals surface area contributed by atoms with E-state index in [-0.39, 0.29) is 0 Å². The van der Waals surface area contributed by atoms with Crippen molar-refractivity contribution in [3.8, 4) is 0 Å². The van der Waals surface area contributed by atoms with Crippen molar-refractivity contribution in [3.63, 3.8) is 0 Å². The summed E-state index contributed by atoms with van der Waals surface area (Å²) in [6, 6.07) is 0. The highest BCUT2D eigenvalue weighted by Gasteiger charge is 2.02. The monoisotopic (exact) mass is 267 g/mol. The van der Waals surface area contributed by atoms with Gasteiger partial charge in [0.05, 0.1) is 0 Å². The summed E-state index contributed by atoms with van der Waals surface area (Å²) in [5.74, 6) is 1.80. The van der Waals surface area contributed by atoms with Crippen LogP contribution in [0.1, 0.15) is 104 Å². The Hall–Kier alpha value is 0. The van der Waals surface area contributed by atoms with Crippen molar-refractivity contribution in [2.45, 2.75) is 104 Å². The zero-order chi connectivity index (χ0) is 14.3. The molecule has 2 atom stereocenters. The number of hydrogen-bond donors (Lipinski definition) is 0. The van der Waals surface area contributed by atoms with Crippen LogP contribution in [-0.2, 0) is 0 Å². The number of unbranched alkanes of at least 4 members (excludes halogenated alkanes) is 7. The van der Waals surface area contributed by atoms with Gasteiger partial charge in [0.2, 0.25) is 0 Å². The van der Waals surface area contributed by atoms with Gasteiger partial charge >= 0.3 is 0 Å². The van der Waals surface area contributed by atoms with Gasteiger partial charge in [-0.05, 0) is 11.8 Å². The molecule has 0 aliphatic heterocycles. The lowest BCUT2D eigenvalue weighted by Crippen LogP contribution is -1.95. The molecule has 0 heterocycles. The summed E-state index contributed by atoms with van der Waals surface area (Å²) < 4.78 is 0. The lowest BCUT2D eigenvalue weighted by atomic mass is 9.96. The van der Waals surface area contributed by atoms with Gasteiger partial charge in [-0.3, -0.25) is 0 Å². The van der Waals surface area contributed by atoms with E-state index in [0.717, 1.165) is 18.3 Å². The van der Waals surface area contributed by atoms with Crippen LogP contribution in [0.15, 0.2) is 0 Å². The quantitative estimate of drug-likeness (QED) is 0.292. The molecule has 0 rings (SSSR count). The van der Waals surface area contributed by atoms with Crippen molar-refractivity contribution in [2.75, 3.05) is 0 Å². The first-order chi connectivity index (χ1) is 9.20. The third-order valence-electron chi connectivity index (χ3n) is 4.44. The zero-order valence-electron chi connectivity index (χ0n) is 14.1. The third-order valence-corrected chi connectivity index (χ3v) is 4.44. The van der Waals surface area contributed by atoms with Crippen LogP contribution < -0.4 is 0 Å². The summed E-state index contributed by atoms with van der Waals surface area (Å²) in [5, 5.41) is 0. The molecule has 0 saturated carbocycles. The fourth-order valence-electron chi connectivity index (χ4n) is 2.72. The molecule has 0 fully saturated rings. The second kappa shape index (κ2) is 14.4. The number of hydrogen-bond acceptors (Lipinski definition) is 0. The molecule has 0 aromatic rings. The van der Waals surface area contributed by atoms with E-state index in [4.69, 9.17) is 0 Å². The van der Waals surface area contributed by atoms with Crippen molar-refractivity contribution in [1.82, 2.24) is 0 Å². The van der Waals surface area contributed by atoms with Crippen LogP contribution in [0, 0.1) is 18.8 Å². The summed E-state index contributed by atoms with van der Waals surface area (Å²) in [5.41, 5.74) is 0. The standard InChI is InChI=1S/C19H39/c1-5-7-12-16-19(4)17-14-11-9-8-10-13-15-18(3)6-2/h18-19H,2,5-17H2,1,3-4H3. The van der Waals surface area contributed by atoms with Gasteiger partial charge in [-0.1, -0.05) is 111 Å². The largest absolute Gasteiger partial charge is 0.0654 e. The third kappa shape index (κ3) is 14.2. The average molecular weight is 268 g/mol. The Morgan fingerprint density at radius 1 is 0.632 bits per heavy atom. The van der Waals surface area contributed by atoms with E-state index < -0.39 is 0 Å². The summed E-state index contributed by atoms with van der Waals surface area (Å²) in [4.78, 5) is 0. The smallest absolute Gasteiger partial charge is 0.0443 e. The molecule has 0 aromatic carbocycles. The van der Waals surface area contributed by atoms with Crippen LogP contribution in [0.25, 0.3) is 0 Å². The van der Waals surface area contributed by atoms with Crippen molar-refractivity contribution in [3.05, 3.63) is 6.92 Å². The first kappa shape index (κ1) is 19.0. The molecule has 0 bridgehead atoms. The van der Waals surface area contributed by atoms with Gasteiger partial charge in [-0.25, -0.2) is 0 Å². The molecule has 0 amide bonds. The lowest BCUT2D eigenvalue weighted by Gasteiger charge is -2.10. The van der Waals surface area contributed by atoms with Gasteiger partial charge in [0.15, 0.2) is 0 Å². The van der Waals surface area contributed by atoms with E-state index in [0.29, 0.717) is 0 Å². The SMILES string of the molecule is [CH2]CC(C)CCCCCCCCC(C)CCCCC. The van der Waals surface area contributed by atoms with Crippen molar-refractivity contribution in [2.24, 2.45) is 11.8 Å². The zero-order valence-corrected chi connectivity index (χ0v) is 14.1. The fraction of sp³-hybridized carbons (Fsp3) is 0.947. The minimum absolute atomic E-state index is 0.837. The van der Waals surface area contributed by atoms with Crippen LogP contribution in [0.2, 0.25) is 0 Å². The fourth-order valence-corrected chi connectivity index (χ4v) is 2.72. The maximum Gasteiger partial charge on any atom is -0.0443 e. The molecule has 0 N–H and O–H groups in total. The Balaban J connectivity index is 3.13. The minimum Gasteiger partial charge on any atom is -0.0654 e. The molecule has 2 unspecified atom stereocenters. The highest BCUT2D eigenvalue weighted by atomic mass is 14.1. The Kier molecular flexibility index (Phi) is 14.4. The predicted octanol–water partition coefficient (Wildman–Crippen LogP) is 7.18. The van der Waals surface area contributed by atoms with Crippen LogP contribution in [0.4, 0.5) is 0 Å². The van der Waals surface area contributed by atoms with E-state index >= 15 is 0 Å². The van der Waals surface area contributed by atoms with Gasteiger partial charge in [-0.15, -0.1) is 0 Å². The molecular formula is C19H39. The van der Waals surface area contributed by atoms with E-state index in [2.05, 4.69) is 27.7 Å². The molecule has 0 spiro atoms. The van der Waals surface area contributed by atoms with E-state index in [9.17, 15) is 0 Å². The van der Waals surface area contributed by atoms with Crippen molar-refractivity contribution >= 4 is 0 Å². The van der Waals surface area contributed by atoms with E-state index in [1.165, 1.54) is 77.0 Å². The molecule has 0 aliphatic carbocycles. The summed E-state index contributed by atoms with van der Waals surface area (Å²) in [6.45, 7) is 11.0. The van der Waals surface area contributed by atoms with Crippen LogP contribution in [0.3, 0.4) is 0 Å². The van der Waals surface area contributed by atoms with Crippen LogP contribution in [0.5, 0.6) is 0 Å². The van der Waals surface area contributed by atoms with Gasteiger partial charge in [0, 0.05) is 0 Å². The van der Waals surface area contributed by atoms with Crippen molar-refractivity contribution < 1.29 is 0 Å². The normalized spacial score (nSPS) is 14.5. The van der Waals surface area contributed by atoms with Gasteiger partial charge < -0.3 is 0 Å². The van der Waals surface area contributed by atoms with Gasteiger partial charge in [0.1, 0.15) is 0 Å². The highest BCUT2D eigenvalue weighted by Crippen LogP contribution is 2.18. The van der Waals surface area contributed by atoms with Crippen LogP contribution >= 0.6 is 0 Å². The number of rotatable bonds is 14. The first-order valence-electron chi connectivity index (χ1n) is 8.99. The van der Waals surface area contributed by atoms with Crippen molar-refractivity contribution in [1.29, 1.82) is 0 Å². The predicted molar refractivity (Wildman–Crippen MR) is 89.4 cm³/mol. The Labute approximate surface area is 123 Å². The highest BCUT2D eigenvalue weighted by molar-refractivity contribution is 4.57. The topological polar surface area (TPSA) is 0 Å². The maximum absolute atomic E-state index is 3.97. The van der Waals surface area contributed by atoms with E-state index in [1.54, 1.807) is 0 Å².